The SMILES string of the molecule is CC1(C)C(=O)N(c2ccccc2)C1c1c[c-]ccc1.[Li+]. The predicted octanol–water partition coefficient (Wildman–Crippen LogP) is 0.605. The molecule has 0 radical (unpaired) electrons. The van der Waals surface area contributed by atoms with Gasteiger partial charge in [0, 0.05) is 11.7 Å². The number of nitrogens with zero attached hydrogens (tertiary/aromatic N) is 1. The van der Waals surface area contributed by atoms with Crippen molar-refractivity contribution in [3.63, 3.8) is 0 Å². The third-order valence-corrected chi connectivity index (χ3v) is 3.79. The Morgan fingerprint density at radius 2 is 1.80 bits per heavy atom. The van der Waals surface area contributed by atoms with Crippen molar-refractivity contribution in [2.75, 3.05) is 4.90 Å². The van der Waals surface area contributed by atoms with E-state index in [0.717, 1.165) is 11.3 Å². The molecule has 0 saturated carbocycles. The van der Waals surface area contributed by atoms with Gasteiger partial charge in [-0.1, -0.05) is 18.2 Å². The van der Waals surface area contributed by atoms with Crippen LogP contribution in [-0.4, -0.2) is 5.91 Å². The number of para-hydroxylation sites is 1. The number of carbonyl (C=O) groups is 1. The number of β-lactam (4-membered cyclic amide) rings is 1. The molecule has 0 spiro atoms. The summed E-state index contributed by atoms with van der Waals surface area (Å²) in [6.07, 6.45) is 0. The average Bonchev–Trinajstić information content (AvgIpc) is 2.45. The minimum absolute atomic E-state index is 0. The second kappa shape index (κ2) is 5.48. The van der Waals surface area contributed by atoms with Crippen LogP contribution in [0.5, 0.6) is 0 Å². The Morgan fingerprint density at radius 3 is 2.40 bits per heavy atom. The first-order valence-electron chi connectivity index (χ1n) is 6.47. The van der Waals surface area contributed by atoms with E-state index in [1.807, 2.05) is 67.3 Å². The molecule has 96 valence electrons. The zero-order chi connectivity index (χ0) is 13.5. The normalized spacial score (nSPS) is 20.0. The van der Waals surface area contributed by atoms with Gasteiger partial charge in [-0.15, -0.1) is 5.56 Å². The van der Waals surface area contributed by atoms with Gasteiger partial charge < -0.3 is 4.90 Å². The van der Waals surface area contributed by atoms with E-state index in [4.69, 9.17) is 0 Å². The van der Waals surface area contributed by atoms with Gasteiger partial charge in [-0.05, 0) is 26.0 Å². The van der Waals surface area contributed by atoms with E-state index >= 15 is 0 Å². The van der Waals surface area contributed by atoms with E-state index in [0.29, 0.717) is 0 Å². The summed E-state index contributed by atoms with van der Waals surface area (Å²) in [6.45, 7) is 4.01. The summed E-state index contributed by atoms with van der Waals surface area (Å²) in [6, 6.07) is 20.9. The fraction of sp³-hybridized carbons (Fsp3) is 0.235. The molecular formula is C17H16LiNO. The van der Waals surface area contributed by atoms with Crippen LogP contribution in [0.25, 0.3) is 0 Å². The quantitative estimate of drug-likeness (QED) is 0.438. The number of amides is 1. The summed E-state index contributed by atoms with van der Waals surface area (Å²) in [5, 5.41) is 0. The minimum atomic E-state index is -0.356. The van der Waals surface area contributed by atoms with Crippen LogP contribution in [-0.2, 0) is 4.79 Å². The Balaban J connectivity index is 0.00000147. The Kier molecular flexibility index (Phi) is 4.08. The molecule has 1 fully saturated rings. The van der Waals surface area contributed by atoms with Crippen molar-refractivity contribution in [1.29, 1.82) is 0 Å². The van der Waals surface area contributed by atoms with Crippen molar-refractivity contribution in [3.8, 4) is 0 Å². The maximum atomic E-state index is 12.4. The van der Waals surface area contributed by atoms with Gasteiger partial charge in [-0.25, -0.2) is 0 Å². The van der Waals surface area contributed by atoms with Gasteiger partial charge in [0.2, 0.25) is 5.91 Å². The largest absolute Gasteiger partial charge is 1.00 e. The molecular weight excluding hydrogens is 241 g/mol. The second-order valence-corrected chi connectivity index (χ2v) is 5.47. The molecule has 1 atom stereocenters. The van der Waals surface area contributed by atoms with E-state index in [1.165, 1.54) is 0 Å². The van der Waals surface area contributed by atoms with Crippen molar-refractivity contribution in [1.82, 2.24) is 0 Å². The summed E-state index contributed by atoms with van der Waals surface area (Å²) in [7, 11) is 0. The van der Waals surface area contributed by atoms with Gasteiger partial charge in [-0.3, -0.25) is 4.79 Å². The molecule has 1 aliphatic rings. The molecule has 20 heavy (non-hydrogen) atoms. The number of anilines is 1. The summed E-state index contributed by atoms with van der Waals surface area (Å²) in [5.74, 6) is 0.174. The Labute approximate surface area is 132 Å². The fourth-order valence-electron chi connectivity index (χ4n) is 2.80. The topological polar surface area (TPSA) is 20.3 Å². The molecule has 1 heterocycles. The predicted molar refractivity (Wildman–Crippen MR) is 75.7 cm³/mol. The first-order valence-corrected chi connectivity index (χ1v) is 6.47. The Bertz CT molecular complexity index is 595. The van der Waals surface area contributed by atoms with Crippen LogP contribution in [0.2, 0.25) is 0 Å². The minimum Gasteiger partial charge on any atom is -0.315 e. The maximum absolute atomic E-state index is 12.4. The summed E-state index contributed by atoms with van der Waals surface area (Å²) in [4.78, 5) is 14.3. The fourth-order valence-corrected chi connectivity index (χ4v) is 2.80. The van der Waals surface area contributed by atoms with Gasteiger partial charge in [0.05, 0.1) is 5.41 Å². The Morgan fingerprint density at radius 1 is 1.10 bits per heavy atom. The smallest absolute Gasteiger partial charge is 0.315 e. The van der Waals surface area contributed by atoms with E-state index in [-0.39, 0.29) is 36.2 Å². The van der Waals surface area contributed by atoms with Crippen LogP contribution in [0.4, 0.5) is 5.69 Å². The number of hydrogen-bond acceptors (Lipinski definition) is 1. The third kappa shape index (κ3) is 2.20. The molecule has 0 bridgehead atoms. The van der Waals surface area contributed by atoms with Gasteiger partial charge >= 0.3 is 18.9 Å². The molecule has 1 amide bonds. The first kappa shape index (κ1) is 14.9. The molecule has 3 heteroatoms. The number of benzene rings is 2. The number of carbonyl (C=O) groups excluding carboxylic acids is 1. The molecule has 1 unspecified atom stereocenters. The van der Waals surface area contributed by atoms with E-state index in [9.17, 15) is 4.79 Å². The summed E-state index contributed by atoms with van der Waals surface area (Å²) < 4.78 is 0. The number of rotatable bonds is 2. The van der Waals surface area contributed by atoms with E-state index in [2.05, 4.69) is 12.1 Å². The molecule has 0 aromatic heterocycles. The van der Waals surface area contributed by atoms with Crippen LogP contribution < -0.4 is 23.8 Å². The average molecular weight is 257 g/mol. The molecule has 0 N–H and O–H groups in total. The molecule has 2 aromatic rings. The number of hydrogen-bond donors (Lipinski definition) is 0. The van der Waals surface area contributed by atoms with Crippen molar-refractivity contribution >= 4 is 11.6 Å². The van der Waals surface area contributed by atoms with Crippen LogP contribution in [0.15, 0.2) is 54.6 Å². The monoisotopic (exact) mass is 257 g/mol. The molecule has 0 aliphatic carbocycles. The first-order chi connectivity index (χ1) is 9.12. The molecule has 1 aliphatic heterocycles. The van der Waals surface area contributed by atoms with Crippen molar-refractivity contribution < 1.29 is 23.7 Å². The molecule has 2 nitrogen and oxygen atoms in total. The van der Waals surface area contributed by atoms with Gasteiger partial charge in [-0.2, -0.15) is 30.3 Å². The van der Waals surface area contributed by atoms with Crippen LogP contribution >= 0.6 is 0 Å². The van der Waals surface area contributed by atoms with E-state index < -0.39 is 0 Å². The van der Waals surface area contributed by atoms with Crippen molar-refractivity contribution in [3.05, 3.63) is 66.2 Å². The Hall–Kier alpha value is -1.49. The van der Waals surface area contributed by atoms with E-state index in [1.54, 1.807) is 0 Å². The van der Waals surface area contributed by atoms with Crippen LogP contribution in [0.3, 0.4) is 0 Å². The summed E-state index contributed by atoms with van der Waals surface area (Å²) in [5.41, 5.74) is 1.74. The van der Waals surface area contributed by atoms with Gasteiger partial charge in [0.25, 0.3) is 0 Å². The third-order valence-electron chi connectivity index (χ3n) is 3.79. The second-order valence-electron chi connectivity index (χ2n) is 5.47. The van der Waals surface area contributed by atoms with Crippen LogP contribution in [0, 0.1) is 11.5 Å². The zero-order valence-corrected chi connectivity index (χ0v) is 12.1. The molecule has 2 aromatic carbocycles. The summed E-state index contributed by atoms with van der Waals surface area (Å²) >= 11 is 0. The van der Waals surface area contributed by atoms with Crippen molar-refractivity contribution in [2.24, 2.45) is 5.41 Å². The van der Waals surface area contributed by atoms with Gasteiger partial charge in [0.15, 0.2) is 0 Å². The zero-order valence-electron chi connectivity index (χ0n) is 12.1. The van der Waals surface area contributed by atoms with Gasteiger partial charge in [0.1, 0.15) is 0 Å². The van der Waals surface area contributed by atoms with Crippen molar-refractivity contribution in [2.45, 2.75) is 19.9 Å². The molecule has 1 saturated heterocycles. The maximum Gasteiger partial charge on any atom is 1.00 e. The molecule has 3 rings (SSSR count). The van der Waals surface area contributed by atoms with Crippen LogP contribution in [0.1, 0.15) is 25.5 Å². The standard InChI is InChI=1S/C17H16NO.Li/c1-17(2)15(13-9-5-3-6-10-13)18(16(17)19)14-11-7-4-8-12-14;/h3-5,7-12,15H,1-2H3;/q-1;+1.